The van der Waals surface area contributed by atoms with Gasteiger partial charge in [-0.05, 0) is 48.4 Å². The number of hydrogen-bond acceptors (Lipinski definition) is 5. The molecule has 0 aromatic heterocycles. The molecule has 0 bridgehead atoms. The monoisotopic (exact) mass is 404 g/mol. The lowest BCUT2D eigenvalue weighted by Gasteiger charge is -2.10. The standard InChI is InChI=1S/C24H24N2O4/c1-3-29-22-13-12-20(15-23(22)28-2)24(27)26-25-16-19-10-7-11-21(14-19)30-17-18-8-5-4-6-9-18/h4-16H,3,17H2,1-2H3,(H,26,27)/b25-16+. The third-order valence-electron chi connectivity index (χ3n) is 4.21. The summed E-state index contributed by atoms with van der Waals surface area (Å²) in [7, 11) is 1.53. The highest BCUT2D eigenvalue weighted by Crippen LogP contribution is 2.28. The molecule has 0 unspecified atom stereocenters. The van der Waals surface area contributed by atoms with E-state index in [2.05, 4.69) is 10.5 Å². The average molecular weight is 404 g/mol. The van der Waals surface area contributed by atoms with Crippen LogP contribution in [0.15, 0.2) is 77.9 Å². The van der Waals surface area contributed by atoms with E-state index in [1.807, 2.05) is 61.5 Å². The Morgan fingerprint density at radius 2 is 1.80 bits per heavy atom. The molecule has 0 saturated heterocycles. The molecule has 0 atom stereocenters. The van der Waals surface area contributed by atoms with Crippen molar-refractivity contribution in [2.24, 2.45) is 5.10 Å². The van der Waals surface area contributed by atoms with E-state index < -0.39 is 0 Å². The minimum atomic E-state index is -0.343. The summed E-state index contributed by atoms with van der Waals surface area (Å²) in [6.45, 7) is 2.88. The highest BCUT2D eigenvalue weighted by Gasteiger charge is 2.10. The number of carbonyl (C=O) groups is 1. The predicted octanol–water partition coefficient (Wildman–Crippen LogP) is 4.44. The Balaban J connectivity index is 1.59. The number of carbonyl (C=O) groups excluding carboxylic acids is 1. The van der Waals surface area contributed by atoms with Gasteiger partial charge < -0.3 is 14.2 Å². The number of ether oxygens (including phenoxy) is 3. The number of methoxy groups -OCH3 is 1. The van der Waals surface area contributed by atoms with Gasteiger partial charge in [0.05, 0.1) is 19.9 Å². The van der Waals surface area contributed by atoms with E-state index in [9.17, 15) is 4.79 Å². The van der Waals surface area contributed by atoms with Crippen molar-refractivity contribution in [3.63, 3.8) is 0 Å². The summed E-state index contributed by atoms with van der Waals surface area (Å²) in [6, 6.07) is 22.4. The molecule has 0 aliphatic carbocycles. The third kappa shape index (κ3) is 5.85. The first-order valence-corrected chi connectivity index (χ1v) is 9.60. The molecule has 0 radical (unpaired) electrons. The largest absolute Gasteiger partial charge is 0.493 e. The zero-order valence-corrected chi connectivity index (χ0v) is 17.0. The number of hydrazone groups is 1. The van der Waals surface area contributed by atoms with Crippen LogP contribution in [0, 0.1) is 0 Å². The van der Waals surface area contributed by atoms with Gasteiger partial charge in [-0.3, -0.25) is 4.79 Å². The van der Waals surface area contributed by atoms with Crippen LogP contribution in [-0.2, 0) is 6.61 Å². The fourth-order valence-electron chi connectivity index (χ4n) is 2.74. The number of benzene rings is 3. The lowest BCUT2D eigenvalue weighted by Crippen LogP contribution is -2.17. The van der Waals surface area contributed by atoms with E-state index in [1.54, 1.807) is 24.4 Å². The van der Waals surface area contributed by atoms with E-state index in [1.165, 1.54) is 7.11 Å². The molecule has 1 N–H and O–H groups in total. The van der Waals surface area contributed by atoms with Crippen molar-refractivity contribution in [2.45, 2.75) is 13.5 Å². The van der Waals surface area contributed by atoms with Gasteiger partial charge in [0.15, 0.2) is 11.5 Å². The van der Waals surface area contributed by atoms with Crippen LogP contribution in [-0.4, -0.2) is 25.8 Å². The van der Waals surface area contributed by atoms with Crippen molar-refractivity contribution < 1.29 is 19.0 Å². The number of hydrogen-bond donors (Lipinski definition) is 1. The summed E-state index contributed by atoms with van der Waals surface area (Å²) in [4.78, 5) is 12.4. The van der Waals surface area contributed by atoms with Gasteiger partial charge in [-0.1, -0.05) is 42.5 Å². The molecule has 6 nitrogen and oxygen atoms in total. The lowest BCUT2D eigenvalue weighted by molar-refractivity contribution is 0.0954. The van der Waals surface area contributed by atoms with E-state index in [4.69, 9.17) is 14.2 Å². The van der Waals surface area contributed by atoms with Gasteiger partial charge in [0.1, 0.15) is 12.4 Å². The minimum Gasteiger partial charge on any atom is -0.493 e. The summed E-state index contributed by atoms with van der Waals surface area (Å²) in [5.74, 6) is 1.47. The van der Waals surface area contributed by atoms with Crippen LogP contribution < -0.4 is 19.6 Å². The van der Waals surface area contributed by atoms with Crippen molar-refractivity contribution in [1.82, 2.24) is 5.43 Å². The highest BCUT2D eigenvalue weighted by molar-refractivity contribution is 5.95. The molecule has 6 heteroatoms. The Hall–Kier alpha value is -3.80. The third-order valence-corrected chi connectivity index (χ3v) is 4.21. The quantitative estimate of drug-likeness (QED) is 0.423. The second kappa shape index (κ2) is 10.7. The number of nitrogens with one attached hydrogen (secondary N) is 1. The molecule has 154 valence electrons. The summed E-state index contributed by atoms with van der Waals surface area (Å²) in [5.41, 5.74) is 4.85. The highest BCUT2D eigenvalue weighted by atomic mass is 16.5. The maximum absolute atomic E-state index is 12.4. The van der Waals surface area contributed by atoms with Crippen LogP contribution in [0.3, 0.4) is 0 Å². The number of amides is 1. The topological polar surface area (TPSA) is 69.2 Å². The molecule has 0 saturated carbocycles. The molecule has 0 heterocycles. The maximum atomic E-state index is 12.4. The zero-order chi connectivity index (χ0) is 21.2. The summed E-state index contributed by atoms with van der Waals surface area (Å²) < 4.78 is 16.5. The van der Waals surface area contributed by atoms with Crippen molar-refractivity contribution in [2.75, 3.05) is 13.7 Å². The average Bonchev–Trinajstić information content (AvgIpc) is 2.79. The summed E-state index contributed by atoms with van der Waals surface area (Å²) >= 11 is 0. The van der Waals surface area contributed by atoms with Crippen LogP contribution in [0.1, 0.15) is 28.4 Å². The van der Waals surface area contributed by atoms with Crippen LogP contribution >= 0.6 is 0 Å². The van der Waals surface area contributed by atoms with Gasteiger partial charge in [-0.25, -0.2) is 5.43 Å². The molecule has 3 aromatic rings. The molecule has 0 spiro atoms. The van der Waals surface area contributed by atoms with Gasteiger partial charge >= 0.3 is 0 Å². The van der Waals surface area contributed by atoms with Crippen LogP contribution in [0.25, 0.3) is 0 Å². The molecular formula is C24H24N2O4. The molecule has 30 heavy (non-hydrogen) atoms. The Bertz CT molecular complexity index is 1000. The first kappa shape index (κ1) is 20.9. The van der Waals surface area contributed by atoms with Crippen LogP contribution in [0.2, 0.25) is 0 Å². The molecule has 3 aromatic carbocycles. The summed E-state index contributed by atoms with van der Waals surface area (Å²) in [6.07, 6.45) is 1.57. The van der Waals surface area contributed by atoms with Crippen molar-refractivity contribution in [3.8, 4) is 17.2 Å². The van der Waals surface area contributed by atoms with E-state index in [-0.39, 0.29) is 5.91 Å². The molecule has 3 rings (SSSR count). The van der Waals surface area contributed by atoms with E-state index >= 15 is 0 Å². The van der Waals surface area contributed by atoms with Crippen molar-refractivity contribution >= 4 is 12.1 Å². The molecule has 0 fully saturated rings. The lowest BCUT2D eigenvalue weighted by atomic mass is 10.2. The first-order chi connectivity index (χ1) is 14.7. The van der Waals surface area contributed by atoms with Gasteiger partial charge in [-0.15, -0.1) is 0 Å². The van der Waals surface area contributed by atoms with Gasteiger partial charge in [-0.2, -0.15) is 5.10 Å². The fourth-order valence-corrected chi connectivity index (χ4v) is 2.74. The maximum Gasteiger partial charge on any atom is 0.271 e. The smallest absolute Gasteiger partial charge is 0.271 e. The Labute approximate surface area is 176 Å². The molecule has 1 amide bonds. The fraction of sp³-hybridized carbons (Fsp3) is 0.167. The Morgan fingerprint density at radius 1 is 0.967 bits per heavy atom. The number of nitrogens with zero attached hydrogens (tertiary/aromatic N) is 1. The molecule has 0 aliphatic rings. The second-order valence-electron chi connectivity index (χ2n) is 6.34. The SMILES string of the molecule is CCOc1ccc(C(=O)N/N=C/c2cccc(OCc3ccccc3)c2)cc1OC. The van der Waals surface area contributed by atoms with Crippen LogP contribution in [0.5, 0.6) is 17.2 Å². The summed E-state index contributed by atoms with van der Waals surface area (Å²) in [5, 5.41) is 4.04. The van der Waals surface area contributed by atoms with E-state index in [0.29, 0.717) is 30.3 Å². The molecular weight excluding hydrogens is 380 g/mol. The molecule has 0 aliphatic heterocycles. The number of rotatable bonds is 9. The van der Waals surface area contributed by atoms with Gasteiger partial charge in [0.2, 0.25) is 0 Å². The van der Waals surface area contributed by atoms with Crippen LogP contribution in [0.4, 0.5) is 0 Å². The first-order valence-electron chi connectivity index (χ1n) is 9.60. The second-order valence-corrected chi connectivity index (χ2v) is 6.34. The normalized spacial score (nSPS) is 10.6. The Kier molecular flexibility index (Phi) is 7.44. The zero-order valence-electron chi connectivity index (χ0n) is 17.0. The van der Waals surface area contributed by atoms with Gasteiger partial charge in [0.25, 0.3) is 5.91 Å². The minimum absolute atomic E-state index is 0.343. The van der Waals surface area contributed by atoms with Crippen molar-refractivity contribution in [1.29, 1.82) is 0 Å². The van der Waals surface area contributed by atoms with E-state index in [0.717, 1.165) is 16.9 Å². The Morgan fingerprint density at radius 3 is 2.57 bits per heavy atom. The predicted molar refractivity (Wildman–Crippen MR) is 116 cm³/mol. The van der Waals surface area contributed by atoms with Gasteiger partial charge in [0, 0.05) is 5.56 Å². The van der Waals surface area contributed by atoms with Crippen molar-refractivity contribution in [3.05, 3.63) is 89.5 Å².